The first-order valence-electron chi connectivity index (χ1n) is 11.5. The van der Waals surface area contributed by atoms with Crippen molar-refractivity contribution in [1.29, 1.82) is 5.41 Å². The number of carbonyl (C=O) groups excluding carboxylic acids is 2. The second-order valence-electron chi connectivity index (χ2n) is 8.54. The molecular weight excluding hydrogens is 428 g/mol. The zero-order valence-electron chi connectivity index (χ0n) is 19.1. The maximum atomic E-state index is 12.6. The Kier molecular flexibility index (Phi) is 5.61. The molecule has 0 bridgehead atoms. The normalized spacial score (nSPS) is 13.9. The molecule has 3 heterocycles. The summed E-state index contributed by atoms with van der Waals surface area (Å²) in [5, 5.41) is 7.52. The van der Waals surface area contributed by atoms with Crippen molar-refractivity contribution in [1.82, 2.24) is 9.97 Å². The molecule has 0 fully saturated rings. The largest absolute Gasteiger partial charge is 0.490 e. The third-order valence-electron chi connectivity index (χ3n) is 6.52. The summed E-state index contributed by atoms with van der Waals surface area (Å²) in [5.74, 6) is 0.247. The minimum atomic E-state index is -0.250. The number of ether oxygens (including phenoxy) is 1. The van der Waals surface area contributed by atoms with Crippen molar-refractivity contribution < 1.29 is 14.3 Å². The quantitative estimate of drug-likeness (QED) is 0.325. The number of aromatic nitrogens is 2. The number of nitrogens with zero attached hydrogens (tertiary/aromatic N) is 2. The number of Topliss-reactive ketones (excluding diaryl/α,β-unsaturated/α-hetero) is 1. The number of aromatic amines is 1. The fourth-order valence-electron chi connectivity index (χ4n) is 4.93. The molecule has 0 atom stereocenters. The van der Waals surface area contributed by atoms with E-state index in [-0.39, 0.29) is 11.7 Å². The van der Waals surface area contributed by atoms with Crippen molar-refractivity contribution in [3.05, 3.63) is 65.5 Å². The molecule has 7 heteroatoms. The van der Waals surface area contributed by atoms with Gasteiger partial charge in [-0.1, -0.05) is 19.9 Å². The number of amides is 1. The monoisotopic (exact) mass is 454 g/mol. The zero-order valence-corrected chi connectivity index (χ0v) is 19.1. The van der Waals surface area contributed by atoms with Gasteiger partial charge in [-0.2, -0.15) is 0 Å². The molecule has 0 spiro atoms. The van der Waals surface area contributed by atoms with Crippen LogP contribution in [0, 0.1) is 5.41 Å². The molecule has 0 radical (unpaired) electrons. The predicted molar refractivity (Wildman–Crippen MR) is 132 cm³/mol. The summed E-state index contributed by atoms with van der Waals surface area (Å²) in [6.07, 6.45) is 7.31. The van der Waals surface area contributed by atoms with Gasteiger partial charge in [-0.3, -0.25) is 14.6 Å². The number of aryl methyl sites for hydroxylation is 2. The van der Waals surface area contributed by atoms with Gasteiger partial charge in [-0.15, -0.1) is 0 Å². The Morgan fingerprint density at radius 3 is 2.91 bits per heavy atom. The first-order chi connectivity index (χ1) is 16.5. The predicted octanol–water partition coefficient (Wildman–Crippen LogP) is 4.54. The van der Waals surface area contributed by atoms with E-state index in [0.717, 1.165) is 71.2 Å². The average Bonchev–Trinajstić information content (AvgIpc) is 3.25. The smallest absolute Gasteiger partial charge is 0.250 e. The Morgan fingerprint density at radius 2 is 2.15 bits per heavy atom. The van der Waals surface area contributed by atoms with Gasteiger partial charge in [-0.25, -0.2) is 0 Å². The van der Waals surface area contributed by atoms with E-state index in [9.17, 15) is 9.59 Å². The van der Waals surface area contributed by atoms with E-state index in [0.29, 0.717) is 30.2 Å². The van der Waals surface area contributed by atoms with Crippen molar-refractivity contribution >= 4 is 23.6 Å². The lowest BCUT2D eigenvalue weighted by atomic mass is 9.87. The van der Waals surface area contributed by atoms with Gasteiger partial charge in [0.25, 0.3) is 5.91 Å². The number of rotatable bonds is 6. The molecule has 2 aliphatic rings. The molecule has 5 rings (SSSR count). The number of anilines is 1. The van der Waals surface area contributed by atoms with Gasteiger partial charge in [0.2, 0.25) is 5.78 Å². The number of fused-ring (bicyclic) bond motifs is 4. The molecule has 7 nitrogen and oxygen atoms in total. The van der Waals surface area contributed by atoms with Gasteiger partial charge < -0.3 is 20.0 Å². The highest BCUT2D eigenvalue weighted by Gasteiger charge is 2.28. The first kappa shape index (κ1) is 21.8. The second-order valence-corrected chi connectivity index (χ2v) is 8.54. The van der Waals surface area contributed by atoms with Crippen molar-refractivity contribution in [2.24, 2.45) is 0 Å². The number of ketones is 1. The van der Waals surface area contributed by atoms with E-state index >= 15 is 0 Å². The summed E-state index contributed by atoms with van der Waals surface area (Å²) < 4.78 is 5.74. The van der Waals surface area contributed by atoms with Crippen molar-refractivity contribution in [2.75, 3.05) is 18.1 Å². The molecule has 1 amide bonds. The van der Waals surface area contributed by atoms with Crippen LogP contribution in [0.4, 0.5) is 5.69 Å². The lowest BCUT2D eigenvalue weighted by Crippen LogP contribution is -2.36. The van der Waals surface area contributed by atoms with Gasteiger partial charge in [0.15, 0.2) is 0 Å². The Labute approximate surface area is 198 Å². The van der Waals surface area contributed by atoms with Crippen LogP contribution in [0.25, 0.3) is 22.5 Å². The highest BCUT2D eigenvalue weighted by Crippen LogP contribution is 2.40. The van der Waals surface area contributed by atoms with Gasteiger partial charge in [0, 0.05) is 28.6 Å². The number of nitrogens with one attached hydrogen (secondary N) is 2. The van der Waals surface area contributed by atoms with Crippen LogP contribution in [0.15, 0.2) is 43.1 Å². The summed E-state index contributed by atoms with van der Waals surface area (Å²) in [5.41, 5.74) is 8.00. The molecule has 2 aromatic heterocycles. The summed E-state index contributed by atoms with van der Waals surface area (Å²) in [6, 6.07) is 7.79. The molecule has 1 aromatic carbocycles. The Hall–Kier alpha value is -4.00. The number of H-pyrrole nitrogens is 1. The number of hydrogen-bond acceptors (Lipinski definition) is 5. The van der Waals surface area contributed by atoms with Crippen molar-refractivity contribution in [2.45, 2.75) is 32.6 Å². The highest BCUT2D eigenvalue weighted by molar-refractivity contribution is 6.35. The van der Waals surface area contributed by atoms with Gasteiger partial charge in [0.05, 0.1) is 29.8 Å². The molecule has 3 aromatic rings. The van der Waals surface area contributed by atoms with E-state index in [2.05, 4.69) is 18.5 Å². The molecule has 0 unspecified atom stereocenters. The van der Waals surface area contributed by atoms with Crippen LogP contribution >= 0.6 is 0 Å². The number of benzene rings is 1. The van der Waals surface area contributed by atoms with Crippen LogP contribution in [0.3, 0.4) is 0 Å². The highest BCUT2D eigenvalue weighted by atomic mass is 16.5. The second kappa shape index (κ2) is 8.74. The van der Waals surface area contributed by atoms with Crippen LogP contribution in [-0.4, -0.2) is 41.0 Å². The summed E-state index contributed by atoms with van der Waals surface area (Å²) in [6.45, 7) is 6.60. The average molecular weight is 455 g/mol. The molecule has 0 saturated heterocycles. The summed E-state index contributed by atoms with van der Waals surface area (Å²) in [7, 11) is 0. The SMILES string of the molecule is C=CC(=O)N1CCOc2ccc(-c3cc4c(cn3)CCc3c-4[nH]c(CCC)c3C(=O)C=N)cc21. The molecule has 0 saturated carbocycles. The number of pyridine rings is 1. The van der Waals surface area contributed by atoms with Crippen molar-refractivity contribution in [3.63, 3.8) is 0 Å². The van der Waals surface area contributed by atoms with E-state index < -0.39 is 0 Å². The van der Waals surface area contributed by atoms with E-state index in [1.165, 1.54) is 6.08 Å². The lowest BCUT2D eigenvalue weighted by Gasteiger charge is -2.29. The minimum Gasteiger partial charge on any atom is -0.490 e. The van der Waals surface area contributed by atoms with Crippen LogP contribution in [0.1, 0.15) is 40.5 Å². The maximum Gasteiger partial charge on any atom is 0.250 e. The topological polar surface area (TPSA) is 99.1 Å². The summed E-state index contributed by atoms with van der Waals surface area (Å²) >= 11 is 0. The molecule has 1 aliphatic heterocycles. The van der Waals surface area contributed by atoms with Crippen molar-refractivity contribution in [3.8, 4) is 28.3 Å². The van der Waals surface area contributed by atoms with E-state index in [1.54, 1.807) is 4.90 Å². The Bertz CT molecular complexity index is 1340. The van der Waals surface area contributed by atoms with Gasteiger partial charge >= 0.3 is 0 Å². The molecule has 1 aliphatic carbocycles. The Morgan fingerprint density at radius 1 is 1.29 bits per heavy atom. The van der Waals surface area contributed by atoms with Crippen LogP contribution in [0.5, 0.6) is 5.75 Å². The Balaban J connectivity index is 1.61. The van der Waals surface area contributed by atoms with E-state index in [1.807, 2.05) is 30.5 Å². The third-order valence-corrected chi connectivity index (χ3v) is 6.52. The fraction of sp³-hybridized carbons (Fsp3) is 0.259. The first-order valence-corrected chi connectivity index (χ1v) is 11.5. The van der Waals surface area contributed by atoms with Crippen LogP contribution in [0.2, 0.25) is 0 Å². The van der Waals surface area contributed by atoms with Crippen LogP contribution < -0.4 is 9.64 Å². The lowest BCUT2D eigenvalue weighted by molar-refractivity contribution is -0.114. The number of hydrogen-bond donors (Lipinski definition) is 2. The maximum absolute atomic E-state index is 12.6. The van der Waals surface area contributed by atoms with Gasteiger partial charge in [0.1, 0.15) is 12.4 Å². The van der Waals surface area contributed by atoms with Gasteiger partial charge in [-0.05, 0) is 60.7 Å². The molecule has 172 valence electrons. The minimum absolute atomic E-state index is 0.164. The third kappa shape index (κ3) is 3.53. The molecular formula is C27H26N4O3. The molecule has 2 N–H and O–H groups in total. The zero-order chi connectivity index (χ0) is 23.8. The summed E-state index contributed by atoms with van der Waals surface area (Å²) in [4.78, 5) is 34.8. The van der Waals surface area contributed by atoms with Crippen LogP contribution in [-0.2, 0) is 24.1 Å². The van der Waals surface area contributed by atoms with E-state index in [4.69, 9.17) is 15.1 Å². The molecule has 34 heavy (non-hydrogen) atoms. The fourth-order valence-corrected chi connectivity index (χ4v) is 4.93. The standard InChI is InChI=1S/C27H26N4O3/c1-3-5-20-26(23(32)14-28)18-8-6-17-15-29-21(13-19(17)27(18)30-20)16-7-9-24-22(12-16)31(10-11-34-24)25(33)4-2/h4,7,9,12-15,28,30H,2-3,5-6,8,10-11H2,1H3. The number of carbonyl (C=O) groups is 2.